The summed E-state index contributed by atoms with van der Waals surface area (Å²) in [7, 11) is 2.05. The van der Waals surface area contributed by atoms with Crippen LogP contribution in [0, 0.1) is 34.6 Å². The summed E-state index contributed by atoms with van der Waals surface area (Å²) < 4.78 is 0. The number of hydrogen-bond donors (Lipinski definition) is 1. The maximum atomic E-state index is 4.41. The van der Waals surface area contributed by atoms with E-state index in [2.05, 4.69) is 110 Å². The molecule has 0 radical (unpaired) electrons. The number of aryl methyl sites for hydroxylation is 3. The average Bonchev–Trinajstić information content (AvgIpc) is 2.76. The number of allylic oxidation sites excluding steroid dienone is 1. The fourth-order valence-electron chi connectivity index (χ4n) is 5.05. The molecule has 3 aromatic carbocycles. The van der Waals surface area contributed by atoms with Crippen LogP contribution >= 0.6 is 0 Å². The summed E-state index contributed by atoms with van der Waals surface area (Å²) in [6.07, 6.45) is 2.25. The summed E-state index contributed by atoms with van der Waals surface area (Å²) in [5.41, 5.74) is 15.8. The van der Waals surface area contributed by atoms with Crippen molar-refractivity contribution in [2.24, 2.45) is 0 Å². The van der Waals surface area contributed by atoms with Crippen LogP contribution in [-0.4, -0.2) is 7.05 Å². The molecule has 0 aromatic heterocycles. The number of nitrogens with one attached hydrogen (secondary N) is 1. The molecule has 0 amide bonds. The summed E-state index contributed by atoms with van der Waals surface area (Å²) in [5, 5.41) is 3.57. The molecule has 0 spiro atoms. The number of anilines is 1. The van der Waals surface area contributed by atoms with Gasteiger partial charge < -0.3 is 5.32 Å². The molecule has 1 heteroatoms. The Bertz CT molecular complexity index is 1130. The van der Waals surface area contributed by atoms with Gasteiger partial charge in [0.2, 0.25) is 0 Å². The van der Waals surface area contributed by atoms with E-state index in [0.717, 1.165) is 12.8 Å². The van der Waals surface area contributed by atoms with Gasteiger partial charge in [0, 0.05) is 24.2 Å². The standard InChI is InChI=1S/C31H39N/c1-10-11-27(19(2)3)30-24(8)31(32-9)29(26-17-14-21(5)22(6)18-26)23(7)28(30)25-15-12-20(4)13-16-25/h12-18,27,32H,2,10-11H2,1,3-9H3. The molecule has 0 heterocycles. The van der Waals surface area contributed by atoms with Crippen LogP contribution in [-0.2, 0) is 0 Å². The Balaban J connectivity index is 2.47. The Morgan fingerprint density at radius 3 is 2.00 bits per heavy atom. The second-order valence-corrected chi connectivity index (χ2v) is 9.39. The second kappa shape index (κ2) is 9.77. The molecule has 1 N–H and O–H groups in total. The zero-order valence-corrected chi connectivity index (χ0v) is 21.2. The first-order chi connectivity index (χ1) is 15.2. The third-order valence-electron chi connectivity index (χ3n) is 6.95. The van der Waals surface area contributed by atoms with Crippen LogP contribution < -0.4 is 5.32 Å². The highest BCUT2D eigenvalue weighted by Crippen LogP contribution is 2.47. The molecule has 0 aliphatic heterocycles. The quantitative estimate of drug-likeness (QED) is 0.372. The Labute approximate surface area is 195 Å². The van der Waals surface area contributed by atoms with Gasteiger partial charge in [-0.1, -0.05) is 73.5 Å². The minimum Gasteiger partial charge on any atom is -0.387 e. The Morgan fingerprint density at radius 1 is 0.844 bits per heavy atom. The van der Waals surface area contributed by atoms with Gasteiger partial charge in [-0.3, -0.25) is 0 Å². The Kier molecular flexibility index (Phi) is 7.29. The first-order valence-electron chi connectivity index (χ1n) is 11.9. The molecule has 0 aliphatic carbocycles. The first kappa shape index (κ1) is 23.9. The van der Waals surface area contributed by atoms with Gasteiger partial charge in [0.25, 0.3) is 0 Å². The lowest BCUT2D eigenvalue weighted by molar-refractivity contribution is 0.686. The highest BCUT2D eigenvalue weighted by Gasteiger charge is 2.26. The third-order valence-corrected chi connectivity index (χ3v) is 6.95. The summed E-state index contributed by atoms with van der Waals surface area (Å²) >= 11 is 0. The molecule has 0 bridgehead atoms. The van der Waals surface area contributed by atoms with E-state index >= 15 is 0 Å². The molecule has 0 fully saturated rings. The molecule has 3 rings (SSSR count). The molecule has 1 unspecified atom stereocenters. The van der Waals surface area contributed by atoms with Crippen molar-refractivity contribution in [2.75, 3.05) is 12.4 Å². The van der Waals surface area contributed by atoms with Gasteiger partial charge in [-0.15, -0.1) is 0 Å². The van der Waals surface area contributed by atoms with Crippen LogP contribution in [0.25, 0.3) is 22.3 Å². The summed E-state index contributed by atoms with van der Waals surface area (Å²) in [4.78, 5) is 0. The van der Waals surface area contributed by atoms with Gasteiger partial charge in [0.05, 0.1) is 0 Å². The summed E-state index contributed by atoms with van der Waals surface area (Å²) in [6.45, 7) is 20.0. The van der Waals surface area contributed by atoms with E-state index in [1.165, 1.54) is 66.9 Å². The normalized spacial score (nSPS) is 12.0. The molecule has 0 aliphatic rings. The minimum absolute atomic E-state index is 0.343. The van der Waals surface area contributed by atoms with E-state index in [9.17, 15) is 0 Å². The van der Waals surface area contributed by atoms with Crippen molar-refractivity contribution >= 4 is 5.69 Å². The molecule has 32 heavy (non-hydrogen) atoms. The lowest BCUT2D eigenvalue weighted by atomic mass is 9.76. The lowest BCUT2D eigenvalue weighted by Gasteiger charge is -2.29. The van der Waals surface area contributed by atoms with Crippen molar-refractivity contribution in [3.05, 3.63) is 88.0 Å². The number of rotatable bonds is 7. The molecule has 168 valence electrons. The molecule has 1 atom stereocenters. The van der Waals surface area contributed by atoms with Crippen molar-refractivity contribution in [3.8, 4) is 22.3 Å². The third kappa shape index (κ3) is 4.39. The van der Waals surface area contributed by atoms with Crippen molar-refractivity contribution in [3.63, 3.8) is 0 Å². The maximum Gasteiger partial charge on any atom is 0.0453 e. The van der Waals surface area contributed by atoms with Gasteiger partial charge in [-0.05, 0) is 92.5 Å². The van der Waals surface area contributed by atoms with Crippen LogP contribution in [0.3, 0.4) is 0 Å². The fraction of sp³-hybridized carbons (Fsp3) is 0.355. The van der Waals surface area contributed by atoms with E-state index in [0.29, 0.717) is 5.92 Å². The molecular formula is C31H39N. The van der Waals surface area contributed by atoms with E-state index < -0.39 is 0 Å². The highest BCUT2D eigenvalue weighted by atomic mass is 14.8. The predicted molar refractivity (Wildman–Crippen MR) is 143 cm³/mol. The smallest absolute Gasteiger partial charge is 0.0453 e. The van der Waals surface area contributed by atoms with Crippen molar-refractivity contribution in [2.45, 2.75) is 67.2 Å². The van der Waals surface area contributed by atoms with Crippen LogP contribution in [0.2, 0.25) is 0 Å². The SMILES string of the molecule is C=C(C)C(CCC)c1c(C)c(NC)c(-c2ccc(C)c(C)c2)c(C)c1-c1ccc(C)cc1. The zero-order valence-electron chi connectivity index (χ0n) is 21.2. The Morgan fingerprint density at radius 2 is 1.47 bits per heavy atom. The van der Waals surface area contributed by atoms with Crippen LogP contribution in [0.15, 0.2) is 54.6 Å². The Hall–Kier alpha value is -2.80. The largest absolute Gasteiger partial charge is 0.387 e. The van der Waals surface area contributed by atoms with Crippen LogP contribution in [0.5, 0.6) is 0 Å². The predicted octanol–water partition coefficient (Wildman–Crippen LogP) is 9.06. The molecule has 0 saturated carbocycles. The second-order valence-electron chi connectivity index (χ2n) is 9.39. The van der Waals surface area contributed by atoms with Gasteiger partial charge in [0.1, 0.15) is 0 Å². The maximum absolute atomic E-state index is 4.41. The topological polar surface area (TPSA) is 12.0 Å². The van der Waals surface area contributed by atoms with Crippen molar-refractivity contribution in [1.29, 1.82) is 0 Å². The fourth-order valence-corrected chi connectivity index (χ4v) is 5.05. The molecular weight excluding hydrogens is 386 g/mol. The number of benzene rings is 3. The number of hydrogen-bond acceptors (Lipinski definition) is 1. The minimum atomic E-state index is 0.343. The van der Waals surface area contributed by atoms with E-state index in [1.807, 2.05) is 0 Å². The summed E-state index contributed by atoms with van der Waals surface area (Å²) in [5.74, 6) is 0.343. The van der Waals surface area contributed by atoms with Gasteiger partial charge in [-0.2, -0.15) is 0 Å². The van der Waals surface area contributed by atoms with E-state index in [1.54, 1.807) is 0 Å². The van der Waals surface area contributed by atoms with Crippen LogP contribution in [0.1, 0.15) is 66.0 Å². The van der Waals surface area contributed by atoms with Crippen molar-refractivity contribution < 1.29 is 0 Å². The zero-order chi connectivity index (χ0) is 23.6. The van der Waals surface area contributed by atoms with E-state index in [-0.39, 0.29) is 0 Å². The molecule has 0 saturated heterocycles. The highest BCUT2D eigenvalue weighted by molar-refractivity contribution is 5.92. The molecule has 3 aromatic rings. The van der Waals surface area contributed by atoms with Gasteiger partial charge >= 0.3 is 0 Å². The monoisotopic (exact) mass is 425 g/mol. The van der Waals surface area contributed by atoms with Gasteiger partial charge in [-0.25, -0.2) is 0 Å². The average molecular weight is 426 g/mol. The van der Waals surface area contributed by atoms with Crippen LogP contribution in [0.4, 0.5) is 5.69 Å². The lowest BCUT2D eigenvalue weighted by Crippen LogP contribution is -2.10. The summed E-state index contributed by atoms with van der Waals surface area (Å²) in [6, 6.07) is 15.9. The first-order valence-corrected chi connectivity index (χ1v) is 11.9. The van der Waals surface area contributed by atoms with E-state index in [4.69, 9.17) is 0 Å². The van der Waals surface area contributed by atoms with Gasteiger partial charge in [0.15, 0.2) is 0 Å². The van der Waals surface area contributed by atoms with Crippen molar-refractivity contribution in [1.82, 2.24) is 0 Å². The molecule has 1 nitrogen and oxygen atoms in total.